The number of esters is 2. The third-order valence-corrected chi connectivity index (χ3v) is 3.73. The quantitative estimate of drug-likeness (QED) is 0.173. The minimum Gasteiger partial charge on any atom is -0.462 e. The van der Waals surface area contributed by atoms with Crippen LogP contribution in [0.3, 0.4) is 0 Å². The van der Waals surface area contributed by atoms with Gasteiger partial charge in [0.2, 0.25) is 0 Å². The first-order valence-corrected chi connectivity index (χ1v) is 8.20. The second-order valence-electron chi connectivity index (χ2n) is 3.88. The van der Waals surface area contributed by atoms with Gasteiger partial charge in [-0.25, -0.2) is 9.59 Å². The Hall–Kier alpha value is -0.990. The van der Waals surface area contributed by atoms with Crippen LogP contribution in [0.1, 0.15) is 13.8 Å². The second kappa shape index (κ2) is 9.22. The van der Waals surface area contributed by atoms with Crippen LogP contribution in [0.5, 0.6) is 0 Å². The van der Waals surface area contributed by atoms with E-state index in [1.807, 2.05) is 22.6 Å². The van der Waals surface area contributed by atoms with Crippen molar-refractivity contribution in [3.63, 3.8) is 0 Å². The van der Waals surface area contributed by atoms with Crippen molar-refractivity contribution < 1.29 is 19.1 Å². The van der Waals surface area contributed by atoms with Crippen LogP contribution in [-0.4, -0.2) is 25.2 Å². The van der Waals surface area contributed by atoms with Gasteiger partial charge in [-0.1, -0.05) is 23.2 Å². The molecule has 1 aromatic rings. The highest BCUT2D eigenvalue weighted by Crippen LogP contribution is 2.29. The van der Waals surface area contributed by atoms with Crippen molar-refractivity contribution in [2.24, 2.45) is 0 Å². The van der Waals surface area contributed by atoms with E-state index in [1.54, 1.807) is 32.0 Å². The van der Waals surface area contributed by atoms with Gasteiger partial charge in [-0.2, -0.15) is 0 Å². The molecular weight excluding hydrogens is 444 g/mol. The lowest BCUT2D eigenvalue weighted by atomic mass is 10.2. The summed E-state index contributed by atoms with van der Waals surface area (Å²) in [7, 11) is 0. The number of benzene rings is 1. The largest absolute Gasteiger partial charge is 0.462 e. The molecule has 22 heavy (non-hydrogen) atoms. The molecule has 1 N–H and O–H groups in total. The number of hydrogen-bond acceptors (Lipinski definition) is 5. The number of hydrogen-bond donors (Lipinski definition) is 1. The number of carbonyl (C=O) groups excluding carboxylic acids is 2. The minimum absolute atomic E-state index is 0.142. The average molecular weight is 458 g/mol. The van der Waals surface area contributed by atoms with E-state index in [0.29, 0.717) is 15.7 Å². The highest BCUT2D eigenvalue weighted by molar-refractivity contribution is 14.1. The molecule has 0 saturated heterocycles. The molecule has 0 atom stereocenters. The zero-order valence-corrected chi connectivity index (χ0v) is 15.6. The van der Waals surface area contributed by atoms with Gasteiger partial charge in [-0.05, 0) is 54.6 Å². The normalized spacial score (nSPS) is 9.86. The van der Waals surface area contributed by atoms with E-state index < -0.39 is 11.9 Å². The smallest absolute Gasteiger partial charge is 0.348 e. The maximum Gasteiger partial charge on any atom is 0.348 e. The van der Waals surface area contributed by atoms with E-state index in [-0.39, 0.29) is 22.5 Å². The molecule has 1 aromatic carbocycles. The zero-order valence-electron chi connectivity index (χ0n) is 11.9. The number of rotatable bonds is 6. The summed E-state index contributed by atoms with van der Waals surface area (Å²) >= 11 is 13.8. The molecule has 0 spiro atoms. The molecule has 0 bridgehead atoms. The number of nitrogens with one attached hydrogen (secondary N) is 1. The predicted molar refractivity (Wildman–Crippen MR) is 94.4 cm³/mol. The van der Waals surface area contributed by atoms with Crippen LogP contribution in [0.4, 0.5) is 5.69 Å². The Morgan fingerprint density at radius 2 is 1.68 bits per heavy atom. The summed E-state index contributed by atoms with van der Waals surface area (Å²) in [4.78, 5) is 23.9. The molecule has 0 aliphatic carbocycles. The van der Waals surface area contributed by atoms with Gasteiger partial charge < -0.3 is 14.8 Å². The third kappa shape index (κ3) is 5.33. The first kappa shape index (κ1) is 19.1. The molecule has 0 fully saturated rings. The first-order valence-electron chi connectivity index (χ1n) is 6.36. The summed E-state index contributed by atoms with van der Waals surface area (Å²) in [6, 6.07) is 4.81. The molecule has 120 valence electrons. The van der Waals surface area contributed by atoms with E-state index >= 15 is 0 Å². The Morgan fingerprint density at radius 3 is 2.18 bits per heavy atom. The number of carbonyl (C=O) groups is 2. The molecule has 8 heteroatoms. The lowest BCUT2D eigenvalue weighted by molar-refractivity contribution is -0.146. The molecule has 0 heterocycles. The molecular formula is C14H14Cl2INO4. The summed E-state index contributed by atoms with van der Waals surface area (Å²) in [6.45, 7) is 3.58. The summed E-state index contributed by atoms with van der Waals surface area (Å²) in [6.07, 6.45) is 0. The fourth-order valence-corrected chi connectivity index (χ4v) is 2.51. The van der Waals surface area contributed by atoms with Crippen molar-refractivity contribution in [3.05, 3.63) is 37.5 Å². The van der Waals surface area contributed by atoms with Crippen LogP contribution < -0.4 is 5.32 Å². The summed E-state index contributed by atoms with van der Waals surface area (Å²) in [5.74, 6) is -1.54. The van der Waals surface area contributed by atoms with Gasteiger partial charge in [0.15, 0.2) is 5.57 Å². The monoisotopic (exact) mass is 457 g/mol. The Bertz CT molecular complexity index is 585. The Kier molecular flexibility index (Phi) is 7.98. The van der Waals surface area contributed by atoms with Crippen LogP contribution in [0.25, 0.3) is 0 Å². The van der Waals surface area contributed by atoms with Gasteiger partial charge >= 0.3 is 11.9 Å². The topological polar surface area (TPSA) is 64.6 Å². The highest BCUT2D eigenvalue weighted by atomic mass is 127. The molecule has 0 aromatic heterocycles. The molecule has 1 rings (SSSR count). The third-order valence-electron chi connectivity index (χ3n) is 2.35. The van der Waals surface area contributed by atoms with Crippen LogP contribution in [-0.2, 0) is 19.1 Å². The Morgan fingerprint density at radius 1 is 1.14 bits per heavy atom. The van der Waals surface area contributed by atoms with Crippen LogP contribution in [0.15, 0.2) is 27.5 Å². The van der Waals surface area contributed by atoms with Gasteiger partial charge in [-0.15, -0.1) is 0 Å². The molecule has 0 unspecified atom stereocenters. The molecule has 0 aliphatic rings. The summed E-state index contributed by atoms with van der Waals surface area (Å²) in [5.41, 5.74) is 0.241. The van der Waals surface area contributed by atoms with Crippen molar-refractivity contribution in [1.29, 1.82) is 0 Å². The highest BCUT2D eigenvalue weighted by Gasteiger charge is 2.25. The van der Waals surface area contributed by atoms with Crippen molar-refractivity contribution in [2.45, 2.75) is 13.8 Å². The van der Waals surface area contributed by atoms with Crippen LogP contribution in [0, 0.1) is 0 Å². The summed E-state index contributed by atoms with van der Waals surface area (Å²) < 4.78 is 10.0. The lowest BCUT2D eigenvalue weighted by Crippen LogP contribution is -2.21. The van der Waals surface area contributed by atoms with E-state index in [9.17, 15) is 9.59 Å². The second-order valence-corrected chi connectivity index (χ2v) is 5.80. The van der Waals surface area contributed by atoms with E-state index in [4.69, 9.17) is 32.7 Å². The maximum absolute atomic E-state index is 12.0. The number of ether oxygens (including phenoxy) is 2. The lowest BCUT2D eigenvalue weighted by Gasteiger charge is -2.12. The average Bonchev–Trinajstić information content (AvgIpc) is 2.43. The van der Waals surface area contributed by atoms with Crippen molar-refractivity contribution in [1.82, 2.24) is 0 Å². The van der Waals surface area contributed by atoms with Gasteiger partial charge in [0.05, 0.1) is 27.6 Å². The Balaban J connectivity index is 3.17. The van der Waals surface area contributed by atoms with Gasteiger partial charge in [0.1, 0.15) is 0 Å². The number of anilines is 1. The van der Waals surface area contributed by atoms with Crippen molar-refractivity contribution in [3.8, 4) is 0 Å². The van der Waals surface area contributed by atoms with Gasteiger partial charge in [-0.3, -0.25) is 0 Å². The first-order chi connectivity index (χ1) is 10.4. The predicted octanol–water partition coefficient (Wildman–Crippen LogP) is 4.18. The summed E-state index contributed by atoms with van der Waals surface area (Å²) in [5, 5.41) is 3.73. The number of halogens is 3. The van der Waals surface area contributed by atoms with Gasteiger partial charge in [0.25, 0.3) is 0 Å². The zero-order chi connectivity index (χ0) is 16.7. The van der Waals surface area contributed by atoms with Crippen LogP contribution >= 0.6 is 45.8 Å². The van der Waals surface area contributed by atoms with Crippen LogP contribution in [0.2, 0.25) is 10.0 Å². The Labute approximate surface area is 152 Å². The molecule has 5 nitrogen and oxygen atoms in total. The van der Waals surface area contributed by atoms with Crippen molar-refractivity contribution in [2.75, 3.05) is 18.5 Å². The van der Waals surface area contributed by atoms with Crippen molar-refractivity contribution >= 4 is 63.4 Å². The van der Waals surface area contributed by atoms with Gasteiger partial charge in [0, 0.05) is 5.02 Å². The molecule has 0 amide bonds. The van der Waals surface area contributed by atoms with E-state index in [0.717, 1.165) is 0 Å². The molecule has 0 saturated carbocycles. The molecule has 0 radical (unpaired) electrons. The standard InChI is InChI=1S/C14H14Cl2INO4/c1-3-21-13(19)11(14(20)22-4-2)12(17)18-10-7-8(15)5-6-9(10)16/h5-7,18H,3-4H2,1-2H3. The maximum atomic E-state index is 12.0. The fraction of sp³-hybridized carbons (Fsp3) is 0.286. The fourth-order valence-electron chi connectivity index (χ4n) is 1.44. The SMILES string of the molecule is CCOC(=O)C(C(=O)OCC)=C(I)Nc1cc(Cl)ccc1Cl. The van der Waals surface area contributed by atoms with E-state index in [1.165, 1.54) is 0 Å². The van der Waals surface area contributed by atoms with E-state index in [2.05, 4.69) is 5.32 Å². The minimum atomic E-state index is -0.768. The molecule has 0 aliphatic heterocycles.